The van der Waals surface area contributed by atoms with Gasteiger partial charge in [0.15, 0.2) is 6.61 Å². The van der Waals surface area contributed by atoms with Crippen molar-refractivity contribution in [3.8, 4) is 11.4 Å². The van der Waals surface area contributed by atoms with Crippen molar-refractivity contribution in [2.24, 2.45) is 0 Å². The third-order valence-electron chi connectivity index (χ3n) is 2.65. The summed E-state index contributed by atoms with van der Waals surface area (Å²) in [6, 6.07) is 9.03. The van der Waals surface area contributed by atoms with E-state index < -0.39 is 5.97 Å². The number of carbonyl (C=O) groups is 1. The first-order valence-corrected chi connectivity index (χ1v) is 8.02. The SMILES string of the molecule is O=C(OCc1nc(-c2ccsc2)no1)c1ccc(I)cc1. The number of aromatic nitrogens is 2. The number of ether oxygens (including phenoxy) is 1. The minimum Gasteiger partial charge on any atom is -0.452 e. The van der Waals surface area contributed by atoms with Gasteiger partial charge in [-0.3, -0.25) is 0 Å². The van der Waals surface area contributed by atoms with Gasteiger partial charge in [-0.15, -0.1) is 0 Å². The summed E-state index contributed by atoms with van der Waals surface area (Å²) in [6.07, 6.45) is 0. The molecule has 0 atom stereocenters. The average Bonchev–Trinajstić information content (AvgIpc) is 3.16. The van der Waals surface area contributed by atoms with Crippen LogP contribution in [0.2, 0.25) is 0 Å². The van der Waals surface area contributed by atoms with E-state index in [9.17, 15) is 4.79 Å². The maximum Gasteiger partial charge on any atom is 0.338 e. The Morgan fingerprint density at radius 1 is 1.29 bits per heavy atom. The number of nitrogens with zero attached hydrogens (tertiary/aromatic N) is 2. The van der Waals surface area contributed by atoms with Crippen LogP contribution in [0.25, 0.3) is 11.4 Å². The molecule has 0 saturated carbocycles. The third kappa shape index (κ3) is 3.48. The Morgan fingerprint density at radius 3 is 2.81 bits per heavy atom. The molecule has 0 aliphatic rings. The molecule has 1 aromatic carbocycles. The summed E-state index contributed by atoms with van der Waals surface area (Å²) in [5.74, 6) is 0.355. The van der Waals surface area contributed by atoms with E-state index in [0.717, 1.165) is 9.13 Å². The van der Waals surface area contributed by atoms with Gasteiger partial charge in [-0.05, 0) is 58.3 Å². The molecule has 0 fully saturated rings. The van der Waals surface area contributed by atoms with E-state index in [1.165, 1.54) is 0 Å². The topological polar surface area (TPSA) is 65.2 Å². The van der Waals surface area contributed by atoms with Crippen molar-refractivity contribution in [2.75, 3.05) is 0 Å². The predicted octanol–water partition coefficient (Wildman–Crippen LogP) is 3.76. The molecule has 21 heavy (non-hydrogen) atoms. The molecule has 0 saturated heterocycles. The number of halogens is 1. The van der Waals surface area contributed by atoms with E-state index in [4.69, 9.17) is 9.26 Å². The van der Waals surface area contributed by atoms with Gasteiger partial charge in [0.05, 0.1) is 5.56 Å². The van der Waals surface area contributed by atoms with Crippen LogP contribution in [-0.4, -0.2) is 16.1 Å². The predicted molar refractivity (Wildman–Crippen MR) is 85.9 cm³/mol. The molecule has 5 nitrogen and oxygen atoms in total. The largest absolute Gasteiger partial charge is 0.452 e. The van der Waals surface area contributed by atoms with Gasteiger partial charge in [-0.1, -0.05) is 5.16 Å². The van der Waals surface area contributed by atoms with E-state index in [1.54, 1.807) is 23.5 Å². The lowest BCUT2D eigenvalue weighted by atomic mass is 10.2. The molecular formula is C14H9IN2O3S. The van der Waals surface area contributed by atoms with Crippen molar-refractivity contribution in [3.63, 3.8) is 0 Å². The first kappa shape index (κ1) is 14.2. The lowest BCUT2D eigenvalue weighted by Gasteiger charge is -2.01. The van der Waals surface area contributed by atoms with Crippen LogP contribution in [0.5, 0.6) is 0 Å². The van der Waals surface area contributed by atoms with Crippen LogP contribution in [0, 0.1) is 3.57 Å². The molecule has 0 amide bonds. The number of thiophene rings is 1. The van der Waals surface area contributed by atoms with Crippen molar-refractivity contribution in [2.45, 2.75) is 6.61 Å². The zero-order chi connectivity index (χ0) is 14.7. The number of hydrogen-bond acceptors (Lipinski definition) is 6. The minimum atomic E-state index is -0.415. The van der Waals surface area contributed by atoms with Crippen molar-refractivity contribution >= 4 is 39.9 Å². The van der Waals surface area contributed by atoms with Crippen LogP contribution < -0.4 is 0 Å². The Kier molecular flexibility index (Phi) is 4.30. The van der Waals surface area contributed by atoms with Gasteiger partial charge >= 0.3 is 5.97 Å². The van der Waals surface area contributed by atoms with Crippen LogP contribution in [-0.2, 0) is 11.3 Å². The smallest absolute Gasteiger partial charge is 0.338 e. The monoisotopic (exact) mass is 412 g/mol. The summed E-state index contributed by atoms with van der Waals surface area (Å²) < 4.78 is 11.3. The molecular weight excluding hydrogens is 403 g/mol. The Hall–Kier alpha value is -1.74. The van der Waals surface area contributed by atoms with Crippen LogP contribution in [0.4, 0.5) is 0 Å². The van der Waals surface area contributed by atoms with Gasteiger partial charge in [0.25, 0.3) is 5.89 Å². The van der Waals surface area contributed by atoms with E-state index >= 15 is 0 Å². The van der Waals surface area contributed by atoms with Gasteiger partial charge in [0, 0.05) is 14.5 Å². The fraction of sp³-hybridized carbons (Fsp3) is 0.0714. The van der Waals surface area contributed by atoms with Crippen LogP contribution in [0.15, 0.2) is 45.6 Å². The lowest BCUT2D eigenvalue weighted by molar-refractivity contribution is 0.0430. The summed E-state index contributed by atoms with van der Waals surface area (Å²) in [4.78, 5) is 16.0. The van der Waals surface area contributed by atoms with Crippen molar-refractivity contribution in [1.29, 1.82) is 0 Å². The Morgan fingerprint density at radius 2 is 2.10 bits per heavy atom. The molecule has 0 aliphatic heterocycles. The zero-order valence-corrected chi connectivity index (χ0v) is 13.6. The highest BCUT2D eigenvalue weighted by atomic mass is 127. The maximum atomic E-state index is 11.9. The molecule has 0 unspecified atom stereocenters. The fourth-order valence-corrected chi connectivity index (χ4v) is 2.61. The standard InChI is InChI=1S/C14H9IN2O3S/c15-11-3-1-9(2-4-11)14(18)19-7-12-16-13(17-20-12)10-5-6-21-8-10/h1-6,8H,7H2. The second-order valence-electron chi connectivity index (χ2n) is 4.11. The zero-order valence-electron chi connectivity index (χ0n) is 10.7. The van der Waals surface area contributed by atoms with Gasteiger partial charge in [0.1, 0.15) is 0 Å². The molecule has 3 aromatic rings. The van der Waals surface area contributed by atoms with Crippen LogP contribution in [0.3, 0.4) is 0 Å². The normalized spacial score (nSPS) is 10.5. The molecule has 3 rings (SSSR count). The lowest BCUT2D eigenvalue weighted by Crippen LogP contribution is -2.05. The third-order valence-corrected chi connectivity index (χ3v) is 4.06. The highest BCUT2D eigenvalue weighted by Crippen LogP contribution is 2.19. The Bertz CT molecular complexity index is 738. The molecule has 2 aromatic heterocycles. The molecule has 0 N–H and O–H groups in total. The molecule has 7 heteroatoms. The van der Waals surface area contributed by atoms with Crippen molar-refractivity contribution in [1.82, 2.24) is 10.1 Å². The number of esters is 1. The molecule has 0 radical (unpaired) electrons. The number of carbonyl (C=O) groups excluding carboxylic acids is 1. The van der Waals surface area contributed by atoms with E-state index in [0.29, 0.717) is 11.4 Å². The molecule has 0 spiro atoms. The summed E-state index contributed by atoms with van der Waals surface area (Å²) in [5, 5.41) is 7.70. The summed E-state index contributed by atoms with van der Waals surface area (Å²) >= 11 is 3.73. The maximum absolute atomic E-state index is 11.9. The van der Waals surface area contributed by atoms with Gasteiger partial charge in [0.2, 0.25) is 5.82 Å². The molecule has 2 heterocycles. The second-order valence-corrected chi connectivity index (χ2v) is 6.13. The van der Waals surface area contributed by atoms with E-state index in [2.05, 4.69) is 32.7 Å². The highest BCUT2D eigenvalue weighted by Gasteiger charge is 2.12. The summed E-state index contributed by atoms with van der Waals surface area (Å²) in [6.45, 7) is -0.0397. The van der Waals surface area contributed by atoms with Gasteiger partial charge < -0.3 is 9.26 Å². The fourth-order valence-electron chi connectivity index (χ4n) is 1.62. The number of rotatable bonds is 4. The van der Waals surface area contributed by atoms with Crippen LogP contribution in [0.1, 0.15) is 16.2 Å². The second kappa shape index (κ2) is 6.35. The van der Waals surface area contributed by atoms with E-state index in [1.807, 2.05) is 29.0 Å². The quantitative estimate of drug-likeness (QED) is 0.483. The highest BCUT2D eigenvalue weighted by molar-refractivity contribution is 14.1. The van der Waals surface area contributed by atoms with Gasteiger partial charge in [-0.2, -0.15) is 16.3 Å². The van der Waals surface area contributed by atoms with Crippen molar-refractivity contribution < 1.29 is 14.1 Å². The van der Waals surface area contributed by atoms with Crippen LogP contribution >= 0.6 is 33.9 Å². The number of benzene rings is 1. The Labute approximate surface area is 138 Å². The summed E-state index contributed by atoms with van der Waals surface area (Å²) in [5.41, 5.74) is 1.38. The van der Waals surface area contributed by atoms with Crippen molar-refractivity contribution in [3.05, 3.63) is 56.1 Å². The molecule has 0 bridgehead atoms. The average molecular weight is 412 g/mol. The molecule has 0 aliphatic carbocycles. The first-order valence-electron chi connectivity index (χ1n) is 6.00. The van der Waals surface area contributed by atoms with Gasteiger partial charge in [-0.25, -0.2) is 4.79 Å². The number of hydrogen-bond donors (Lipinski definition) is 0. The first-order chi connectivity index (χ1) is 10.2. The summed E-state index contributed by atoms with van der Waals surface area (Å²) in [7, 11) is 0. The molecule has 106 valence electrons. The Balaban J connectivity index is 1.62. The minimum absolute atomic E-state index is 0.0397. The van der Waals surface area contributed by atoms with E-state index in [-0.39, 0.29) is 12.5 Å².